The van der Waals surface area contributed by atoms with Crippen molar-refractivity contribution < 1.29 is 28.2 Å². The number of fused-ring (bicyclic) bond motifs is 2. The van der Waals surface area contributed by atoms with Gasteiger partial charge in [-0.2, -0.15) is 0 Å². The fourth-order valence-corrected chi connectivity index (χ4v) is 6.43. The fraction of sp³-hybridized carbons (Fsp3) is 0.450. The summed E-state index contributed by atoms with van der Waals surface area (Å²) in [7, 11) is 0. The number of ether oxygens (including phenoxy) is 2. The van der Waals surface area contributed by atoms with Gasteiger partial charge in [-0.25, -0.2) is 14.0 Å². The van der Waals surface area contributed by atoms with Gasteiger partial charge in [0.25, 0.3) is 0 Å². The van der Waals surface area contributed by atoms with Crippen LogP contribution in [0.4, 0.5) is 4.39 Å². The van der Waals surface area contributed by atoms with Crippen LogP contribution in [0.3, 0.4) is 0 Å². The molecule has 0 N–H and O–H groups in total. The first-order valence-corrected chi connectivity index (χ1v) is 11.2. The number of hydrogen-bond donors (Lipinski definition) is 0. The minimum absolute atomic E-state index is 0.0568. The van der Waals surface area contributed by atoms with Gasteiger partial charge >= 0.3 is 11.9 Å². The molecule has 0 aliphatic carbocycles. The van der Waals surface area contributed by atoms with Crippen LogP contribution in [0.15, 0.2) is 18.2 Å². The van der Waals surface area contributed by atoms with Crippen molar-refractivity contribution in [2.24, 2.45) is 0 Å². The molecule has 154 valence electrons. The van der Waals surface area contributed by atoms with Crippen LogP contribution in [-0.4, -0.2) is 46.0 Å². The van der Waals surface area contributed by atoms with Crippen LogP contribution in [0.5, 0.6) is 0 Å². The third kappa shape index (κ3) is 3.40. The highest BCUT2D eigenvalue weighted by Crippen LogP contribution is 2.47. The third-order valence-corrected chi connectivity index (χ3v) is 7.98. The number of hydrogen-bond acceptors (Lipinski definition) is 7. The quantitative estimate of drug-likeness (QED) is 0.664. The van der Waals surface area contributed by atoms with Gasteiger partial charge in [0.2, 0.25) is 5.91 Å². The fourth-order valence-electron chi connectivity index (χ4n) is 3.90. The molecular weight excluding hydrogens is 417 g/mol. The third-order valence-electron chi connectivity index (χ3n) is 5.30. The average molecular weight is 438 g/mol. The normalized spacial score (nSPS) is 23.5. The molecule has 2 saturated heterocycles. The van der Waals surface area contributed by atoms with Crippen molar-refractivity contribution in [3.05, 3.63) is 34.5 Å². The van der Waals surface area contributed by atoms with E-state index in [-0.39, 0.29) is 34.3 Å². The van der Waals surface area contributed by atoms with Crippen LogP contribution in [0.2, 0.25) is 0 Å². The van der Waals surface area contributed by atoms with Gasteiger partial charge in [-0.1, -0.05) is 6.07 Å². The SMILES string of the molecule is CCOC(=O)c1sc2cccc(F)c2c1COC(=O)[C@H]1CS[C@]2(C)CCC(=O)N12. The zero-order chi connectivity index (χ0) is 20.8. The van der Waals surface area contributed by atoms with E-state index in [2.05, 4.69) is 0 Å². The van der Waals surface area contributed by atoms with Crippen LogP contribution in [0.25, 0.3) is 10.1 Å². The Hall–Kier alpha value is -2.13. The monoisotopic (exact) mass is 437 g/mol. The van der Waals surface area contributed by atoms with Crippen molar-refractivity contribution in [2.75, 3.05) is 12.4 Å². The Kier molecular flexibility index (Phi) is 5.29. The van der Waals surface area contributed by atoms with Crippen LogP contribution in [-0.2, 0) is 25.7 Å². The summed E-state index contributed by atoms with van der Waals surface area (Å²) in [5.41, 5.74) is 0.302. The summed E-state index contributed by atoms with van der Waals surface area (Å²) < 4.78 is 25.6. The molecule has 6 nitrogen and oxygen atoms in total. The molecule has 9 heteroatoms. The first kappa shape index (κ1) is 20.2. The molecule has 1 aromatic heterocycles. The van der Waals surface area contributed by atoms with Gasteiger partial charge < -0.3 is 14.4 Å². The molecule has 1 aromatic carbocycles. The number of carbonyl (C=O) groups excluding carboxylic acids is 3. The Morgan fingerprint density at radius 3 is 2.90 bits per heavy atom. The van der Waals surface area contributed by atoms with Crippen LogP contribution < -0.4 is 0 Å². The maximum Gasteiger partial charge on any atom is 0.348 e. The standard InChI is InChI=1S/C20H20FNO5S2/c1-3-26-19(25)17-11(16-12(21)5-4-6-14(16)29-17)9-27-18(24)13-10-28-20(2)8-7-15(23)22(13)20/h4-6,13H,3,7-10H2,1-2H3/t13-,20-/m1/s1. The number of rotatable bonds is 5. The lowest BCUT2D eigenvalue weighted by Gasteiger charge is -2.29. The lowest BCUT2D eigenvalue weighted by atomic mass is 10.1. The van der Waals surface area contributed by atoms with E-state index in [1.807, 2.05) is 6.92 Å². The van der Waals surface area contributed by atoms with Crippen molar-refractivity contribution in [3.8, 4) is 0 Å². The molecule has 0 saturated carbocycles. The van der Waals surface area contributed by atoms with Gasteiger partial charge in [0, 0.05) is 27.8 Å². The van der Waals surface area contributed by atoms with E-state index in [0.29, 0.717) is 28.9 Å². The van der Waals surface area contributed by atoms with Gasteiger partial charge in [0.1, 0.15) is 23.3 Å². The number of nitrogens with zero attached hydrogens (tertiary/aromatic N) is 1. The summed E-state index contributed by atoms with van der Waals surface area (Å²) >= 11 is 2.68. The van der Waals surface area contributed by atoms with Crippen molar-refractivity contribution in [1.29, 1.82) is 0 Å². The number of thioether (sulfide) groups is 1. The molecule has 0 unspecified atom stereocenters. The molecule has 2 fully saturated rings. The van der Waals surface area contributed by atoms with Gasteiger partial charge in [-0.15, -0.1) is 23.1 Å². The molecule has 2 atom stereocenters. The van der Waals surface area contributed by atoms with E-state index in [4.69, 9.17) is 9.47 Å². The molecule has 2 aromatic rings. The van der Waals surface area contributed by atoms with E-state index >= 15 is 0 Å². The Balaban J connectivity index is 1.59. The summed E-state index contributed by atoms with van der Waals surface area (Å²) in [4.78, 5) is 38.8. The van der Waals surface area contributed by atoms with Gasteiger partial charge in [-0.3, -0.25) is 4.79 Å². The second-order valence-corrected chi connectivity index (χ2v) is 9.67. The molecule has 0 bridgehead atoms. The first-order chi connectivity index (χ1) is 13.9. The highest BCUT2D eigenvalue weighted by Gasteiger charge is 2.53. The number of amides is 1. The van der Waals surface area contributed by atoms with Crippen molar-refractivity contribution >= 4 is 51.0 Å². The van der Waals surface area contributed by atoms with Crippen molar-refractivity contribution in [1.82, 2.24) is 4.90 Å². The first-order valence-electron chi connectivity index (χ1n) is 9.35. The number of carbonyl (C=O) groups is 3. The second kappa shape index (κ2) is 7.60. The van der Waals surface area contributed by atoms with E-state index in [9.17, 15) is 18.8 Å². The topological polar surface area (TPSA) is 72.9 Å². The zero-order valence-electron chi connectivity index (χ0n) is 16.0. The Labute approximate surface area is 175 Å². The minimum Gasteiger partial charge on any atom is -0.462 e. The van der Waals surface area contributed by atoms with Crippen molar-refractivity contribution in [3.63, 3.8) is 0 Å². The van der Waals surface area contributed by atoms with Crippen LogP contribution in [0.1, 0.15) is 41.9 Å². The predicted molar refractivity (Wildman–Crippen MR) is 108 cm³/mol. The zero-order valence-corrected chi connectivity index (χ0v) is 17.7. The Morgan fingerprint density at radius 2 is 2.14 bits per heavy atom. The maximum absolute atomic E-state index is 14.5. The number of thiophene rings is 1. The average Bonchev–Trinajstić information content (AvgIpc) is 3.32. The summed E-state index contributed by atoms with van der Waals surface area (Å²) in [5, 5.41) is 0.260. The van der Waals surface area contributed by atoms with Gasteiger partial charge in [0.05, 0.1) is 11.5 Å². The molecular formula is C20H20FNO5S2. The van der Waals surface area contributed by atoms with Crippen LogP contribution >= 0.6 is 23.1 Å². The summed E-state index contributed by atoms with van der Waals surface area (Å²) in [6.07, 6.45) is 1.12. The largest absolute Gasteiger partial charge is 0.462 e. The molecule has 1 amide bonds. The number of halogens is 1. The molecule has 0 radical (unpaired) electrons. The van der Waals surface area contributed by atoms with Crippen molar-refractivity contribution in [2.45, 2.75) is 44.2 Å². The minimum atomic E-state index is -0.666. The van der Waals surface area contributed by atoms with Gasteiger partial charge in [0.15, 0.2) is 0 Å². The molecule has 2 aliphatic heterocycles. The number of benzene rings is 1. The second-order valence-electron chi connectivity index (χ2n) is 7.12. The van der Waals surface area contributed by atoms with E-state index < -0.39 is 23.8 Å². The highest BCUT2D eigenvalue weighted by atomic mass is 32.2. The molecule has 3 heterocycles. The molecule has 2 aliphatic rings. The van der Waals surface area contributed by atoms with E-state index in [0.717, 1.165) is 11.3 Å². The lowest BCUT2D eigenvalue weighted by Crippen LogP contribution is -2.46. The summed E-state index contributed by atoms with van der Waals surface area (Å²) in [6, 6.07) is 3.91. The molecule has 29 heavy (non-hydrogen) atoms. The van der Waals surface area contributed by atoms with Crippen LogP contribution in [0, 0.1) is 5.82 Å². The Morgan fingerprint density at radius 1 is 1.34 bits per heavy atom. The van der Waals surface area contributed by atoms with E-state index in [1.54, 1.807) is 35.7 Å². The highest BCUT2D eigenvalue weighted by molar-refractivity contribution is 8.01. The molecule has 4 rings (SSSR count). The van der Waals surface area contributed by atoms with E-state index in [1.165, 1.54) is 6.07 Å². The smallest absolute Gasteiger partial charge is 0.348 e. The lowest BCUT2D eigenvalue weighted by molar-refractivity contribution is -0.154. The summed E-state index contributed by atoms with van der Waals surface area (Å²) in [5.74, 6) is -1.19. The predicted octanol–water partition coefficient (Wildman–Crippen LogP) is 3.71. The maximum atomic E-state index is 14.5. The Bertz CT molecular complexity index is 1010. The van der Waals surface area contributed by atoms with Gasteiger partial charge in [-0.05, 0) is 32.4 Å². The summed E-state index contributed by atoms with van der Waals surface area (Å²) in [6.45, 7) is 3.57. The number of esters is 2. The molecule has 0 spiro atoms.